The quantitative estimate of drug-likeness (QED) is 0.855. The third kappa shape index (κ3) is 4.35. The van der Waals surface area contributed by atoms with Crippen LogP contribution < -0.4 is 11.1 Å². The van der Waals surface area contributed by atoms with E-state index in [0.717, 1.165) is 37.7 Å². The van der Waals surface area contributed by atoms with Crippen LogP contribution in [-0.2, 0) is 4.79 Å². The zero-order valence-electron chi connectivity index (χ0n) is 12.2. The van der Waals surface area contributed by atoms with E-state index in [2.05, 4.69) is 12.2 Å². The van der Waals surface area contributed by atoms with Gasteiger partial charge in [0.25, 0.3) is 0 Å². The van der Waals surface area contributed by atoms with Crippen molar-refractivity contribution in [3.8, 4) is 0 Å². The zero-order chi connectivity index (χ0) is 15.4. The van der Waals surface area contributed by atoms with Gasteiger partial charge < -0.3 is 11.1 Å². The minimum Gasteiger partial charge on any atom is -0.369 e. The second-order valence-corrected chi connectivity index (χ2v) is 6.57. The summed E-state index contributed by atoms with van der Waals surface area (Å²) in [6.07, 6.45) is 4.72. The van der Waals surface area contributed by atoms with Gasteiger partial charge in [0.15, 0.2) is 0 Å². The molecule has 1 saturated carbocycles. The lowest BCUT2D eigenvalue weighted by Gasteiger charge is -2.31. The molecule has 3 nitrogen and oxygen atoms in total. The zero-order valence-corrected chi connectivity index (χ0v) is 13.8. The topological polar surface area (TPSA) is 55.1 Å². The van der Waals surface area contributed by atoms with Crippen LogP contribution in [0.25, 0.3) is 0 Å². The van der Waals surface area contributed by atoms with E-state index in [1.165, 1.54) is 0 Å². The van der Waals surface area contributed by atoms with Crippen LogP contribution in [0.4, 0.5) is 0 Å². The van der Waals surface area contributed by atoms with Gasteiger partial charge in [-0.2, -0.15) is 0 Å². The molecule has 1 fully saturated rings. The van der Waals surface area contributed by atoms with Crippen LogP contribution in [0.3, 0.4) is 0 Å². The van der Waals surface area contributed by atoms with E-state index in [9.17, 15) is 4.79 Å². The highest BCUT2D eigenvalue weighted by atomic mass is 35.5. The van der Waals surface area contributed by atoms with E-state index < -0.39 is 0 Å². The Kier molecular flexibility index (Phi) is 5.91. The number of halogens is 2. The molecule has 0 aromatic heterocycles. The van der Waals surface area contributed by atoms with Gasteiger partial charge in [-0.05, 0) is 49.8 Å². The summed E-state index contributed by atoms with van der Waals surface area (Å²) < 4.78 is 0. The Hall–Kier alpha value is -0.770. The number of nitrogens with one attached hydrogen (secondary N) is 1. The van der Waals surface area contributed by atoms with Gasteiger partial charge in [-0.25, -0.2) is 0 Å². The summed E-state index contributed by atoms with van der Waals surface area (Å²) >= 11 is 12.1. The minimum atomic E-state index is -0.162. The van der Waals surface area contributed by atoms with Gasteiger partial charge in [0.2, 0.25) is 5.91 Å². The molecule has 0 bridgehead atoms. The first-order valence-electron chi connectivity index (χ1n) is 7.51. The van der Waals surface area contributed by atoms with Crippen molar-refractivity contribution in [1.29, 1.82) is 0 Å². The number of carbonyl (C=O) groups excluding carboxylic acids is 1. The van der Waals surface area contributed by atoms with Crippen LogP contribution in [0.2, 0.25) is 10.0 Å². The minimum absolute atomic E-state index is 0.0492. The molecular weight excluding hydrogens is 307 g/mol. The predicted octanol–water partition coefficient (Wildman–Crippen LogP) is 4.08. The smallest absolute Gasteiger partial charge is 0.220 e. The normalized spacial score (nSPS) is 23.8. The van der Waals surface area contributed by atoms with Gasteiger partial charge in [-0.1, -0.05) is 36.2 Å². The van der Waals surface area contributed by atoms with E-state index in [0.29, 0.717) is 16.1 Å². The fraction of sp³-hybridized carbons (Fsp3) is 0.562. The number of rotatable bonds is 5. The maximum absolute atomic E-state index is 11.2. The Morgan fingerprint density at radius 3 is 2.48 bits per heavy atom. The molecule has 1 amide bonds. The predicted molar refractivity (Wildman–Crippen MR) is 87.6 cm³/mol. The van der Waals surface area contributed by atoms with Gasteiger partial charge in [-0.15, -0.1) is 0 Å². The number of amides is 1. The number of primary amides is 1. The summed E-state index contributed by atoms with van der Waals surface area (Å²) in [4.78, 5) is 11.2. The van der Waals surface area contributed by atoms with Crippen LogP contribution in [0.5, 0.6) is 0 Å². The number of hydrogen-bond acceptors (Lipinski definition) is 2. The molecule has 0 radical (unpaired) electrons. The molecule has 1 atom stereocenters. The summed E-state index contributed by atoms with van der Waals surface area (Å²) in [7, 11) is 0. The molecule has 0 spiro atoms. The highest BCUT2D eigenvalue weighted by Gasteiger charge is 2.26. The van der Waals surface area contributed by atoms with Gasteiger partial charge in [0.05, 0.1) is 10.0 Å². The third-order valence-electron chi connectivity index (χ3n) is 4.32. The molecule has 1 unspecified atom stereocenters. The summed E-state index contributed by atoms with van der Waals surface area (Å²) in [6.45, 7) is 2.15. The maximum atomic E-state index is 11.2. The van der Waals surface area contributed by atoms with Crippen molar-refractivity contribution in [2.45, 2.75) is 51.1 Å². The SMILES string of the molecule is CCC(NC1CCC(C(N)=O)CC1)c1ccc(Cl)c(Cl)c1. The summed E-state index contributed by atoms with van der Waals surface area (Å²) in [5, 5.41) is 4.84. The third-order valence-corrected chi connectivity index (χ3v) is 5.06. The van der Waals surface area contributed by atoms with Crippen LogP contribution >= 0.6 is 23.2 Å². The molecule has 0 saturated heterocycles. The summed E-state index contributed by atoms with van der Waals surface area (Å²) in [6, 6.07) is 6.48. The van der Waals surface area contributed by atoms with Gasteiger partial charge in [0.1, 0.15) is 0 Å². The van der Waals surface area contributed by atoms with Crippen molar-refractivity contribution in [1.82, 2.24) is 5.32 Å². The molecule has 1 aliphatic rings. The lowest BCUT2D eigenvalue weighted by atomic mass is 9.85. The van der Waals surface area contributed by atoms with Crippen molar-refractivity contribution in [2.75, 3.05) is 0 Å². The van der Waals surface area contributed by atoms with Crippen molar-refractivity contribution < 1.29 is 4.79 Å². The van der Waals surface area contributed by atoms with Crippen LogP contribution in [-0.4, -0.2) is 11.9 Å². The molecular formula is C16H22Cl2N2O. The van der Waals surface area contributed by atoms with E-state index in [4.69, 9.17) is 28.9 Å². The number of benzene rings is 1. The Labute approximate surface area is 136 Å². The molecule has 0 aliphatic heterocycles. The standard InChI is InChI=1S/C16H22Cl2N2O/c1-2-15(11-5-8-13(17)14(18)9-11)20-12-6-3-10(4-7-12)16(19)21/h5,8-10,12,15,20H,2-4,6-7H2,1H3,(H2,19,21). The number of nitrogens with two attached hydrogens (primary N) is 1. The molecule has 21 heavy (non-hydrogen) atoms. The van der Waals surface area contributed by atoms with Crippen LogP contribution in [0.1, 0.15) is 50.6 Å². The Morgan fingerprint density at radius 1 is 1.29 bits per heavy atom. The van der Waals surface area contributed by atoms with Crippen molar-refractivity contribution in [3.05, 3.63) is 33.8 Å². The highest BCUT2D eigenvalue weighted by molar-refractivity contribution is 6.42. The average molecular weight is 329 g/mol. The summed E-state index contributed by atoms with van der Waals surface area (Å²) in [5.74, 6) is -0.113. The van der Waals surface area contributed by atoms with E-state index in [1.54, 1.807) is 0 Å². The van der Waals surface area contributed by atoms with Gasteiger partial charge in [0, 0.05) is 18.0 Å². The molecule has 2 rings (SSSR count). The average Bonchev–Trinajstić information content (AvgIpc) is 2.48. The summed E-state index contributed by atoms with van der Waals surface area (Å²) in [5.41, 5.74) is 6.53. The maximum Gasteiger partial charge on any atom is 0.220 e. The first kappa shape index (κ1) is 16.6. The fourth-order valence-corrected chi connectivity index (χ4v) is 3.31. The molecule has 5 heteroatoms. The Balaban J connectivity index is 1.97. The molecule has 116 valence electrons. The van der Waals surface area contributed by atoms with Crippen molar-refractivity contribution >= 4 is 29.1 Å². The Morgan fingerprint density at radius 2 is 1.95 bits per heavy atom. The van der Waals surface area contributed by atoms with Crippen molar-refractivity contribution in [2.24, 2.45) is 11.7 Å². The van der Waals surface area contributed by atoms with Crippen LogP contribution in [0.15, 0.2) is 18.2 Å². The molecule has 3 N–H and O–H groups in total. The van der Waals surface area contributed by atoms with E-state index >= 15 is 0 Å². The number of carbonyl (C=O) groups is 1. The van der Waals surface area contributed by atoms with E-state index in [1.807, 2.05) is 18.2 Å². The molecule has 1 aromatic rings. The van der Waals surface area contributed by atoms with E-state index in [-0.39, 0.29) is 17.9 Å². The molecule has 0 heterocycles. The lowest BCUT2D eigenvalue weighted by molar-refractivity contribution is -0.122. The lowest BCUT2D eigenvalue weighted by Crippen LogP contribution is -2.38. The van der Waals surface area contributed by atoms with Crippen molar-refractivity contribution in [3.63, 3.8) is 0 Å². The second kappa shape index (κ2) is 7.48. The number of hydrogen-bond donors (Lipinski definition) is 2. The Bertz CT molecular complexity index is 499. The first-order valence-corrected chi connectivity index (χ1v) is 8.27. The highest BCUT2D eigenvalue weighted by Crippen LogP contribution is 2.30. The largest absolute Gasteiger partial charge is 0.369 e. The second-order valence-electron chi connectivity index (χ2n) is 5.75. The van der Waals surface area contributed by atoms with Crippen LogP contribution in [0, 0.1) is 5.92 Å². The monoisotopic (exact) mass is 328 g/mol. The molecule has 1 aromatic carbocycles. The molecule has 1 aliphatic carbocycles. The van der Waals surface area contributed by atoms with Gasteiger partial charge >= 0.3 is 0 Å². The fourth-order valence-electron chi connectivity index (χ4n) is 3.01. The van der Waals surface area contributed by atoms with Gasteiger partial charge in [-0.3, -0.25) is 4.79 Å². The first-order chi connectivity index (χ1) is 10.0.